The monoisotopic (exact) mass is 453 g/mol. The first kappa shape index (κ1) is 23.5. The first-order valence-electron chi connectivity index (χ1n) is 9.05. The summed E-state index contributed by atoms with van der Waals surface area (Å²) in [6, 6.07) is 10.7. The first-order valence-corrected chi connectivity index (χ1v) is 11.1. The van der Waals surface area contributed by atoms with Crippen LogP contribution in [0, 0.1) is 0 Å². The van der Waals surface area contributed by atoms with Gasteiger partial charge in [-0.05, 0) is 56.3 Å². The van der Waals surface area contributed by atoms with E-state index in [4.69, 9.17) is 16.3 Å². The summed E-state index contributed by atoms with van der Waals surface area (Å²) in [5.74, 6) is -1.28. The number of nitrogens with one attached hydrogen (secondary N) is 2. The molecule has 0 unspecified atom stereocenters. The fourth-order valence-electron chi connectivity index (χ4n) is 2.47. The highest BCUT2D eigenvalue weighted by atomic mass is 35.5. The number of ether oxygens (including phenoxy) is 1. The van der Waals surface area contributed by atoms with Gasteiger partial charge < -0.3 is 15.0 Å². The number of carbonyl (C=O) groups excluding carboxylic acids is 2. The van der Waals surface area contributed by atoms with Crippen molar-refractivity contribution < 1.29 is 22.7 Å². The first-order chi connectivity index (χ1) is 14.0. The van der Waals surface area contributed by atoms with E-state index in [9.17, 15) is 18.0 Å². The lowest BCUT2D eigenvalue weighted by atomic mass is 10.1. The molecule has 2 aromatic carbocycles. The molecule has 0 bridgehead atoms. The summed E-state index contributed by atoms with van der Waals surface area (Å²) in [6.07, 6.45) is -0.00218. The topological polar surface area (TPSA) is 105 Å². The van der Waals surface area contributed by atoms with Crippen LogP contribution in [0.2, 0.25) is 5.02 Å². The number of anilines is 2. The van der Waals surface area contributed by atoms with Crippen molar-refractivity contribution in [2.45, 2.75) is 20.0 Å². The zero-order valence-corrected chi connectivity index (χ0v) is 18.7. The van der Waals surface area contributed by atoms with Crippen molar-refractivity contribution in [2.24, 2.45) is 0 Å². The number of hydrogen-bond donors (Lipinski definition) is 2. The molecule has 0 spiro atoms. The fraction of sp³-hybridized carbons (Fsp3) is 0.300. The number of nitrogens with zero attached hydrogens (tertiary/aromatic N) is 1. The molecule has 2 N–H and O–H groups in total. The van der Waals surface area contributed by atoms with Crippen molar-refractivity contribution in [3.05, 3.63) is 53.1 Å². The fourth-order valence-corrected chi connectivity index (χ4v) is 3.65. The highest BCUT2D eigenvalue weighted by Crippen LogP contribution is 2.22. The molecular weight excluding hydrogens is 430 g/mol. The van der Waals surface area contributed by atoms with Gasteiger partial charge in [-0.2, -0.15) is 0 Å². The summed E-state index contributed by atoms with van der Waals surface area (Å²) in [6.45, 7) is 3.77. The highest BCUT2D eigenvalue weighted by molar-refractivity contribution is 7.93. The quantitative estimate of drug-likeness (QED) is 0.638. The molecule has 0 aliphatic heterocycles. The van der Waals surface area contributed by atoms with E-state index in [2.05, 4.69) is 10.0 Å². The number of carbonyl (C=O) groups is 2. The van der Waals surface area contributed by atoms with Gasteiger partial charge in [0.1, 0.15) is 11.5 Å². The average molecular weight is 454 g/mol. The minimum absolute atomic E-state index is 0.00218. The van der Waals surface area contributed by atoms with Crippen molar-refractivity contribution >= 4 is 44.8 Å². The Hall–Kier alpha value is -2.78. The third-order valence-corrected chi connectivity index (χ3v) is 5.23. The van der Waals surface area contributed by atoms with Gasteiger partial charge in [-0.1, -0.05) is 11.6 Å². The Morgan fingerprint density at radius 1 is 1.07 bits per heavy atom. The van der Waals surface area contributed by atoms with Gasteiger partial charge in [0.2, 0.25) is 15.9 Å². The Labute approximate surface area is 181 Å². The summed E-state index contributed by atoms with van der Waals surface area (Å²) in [4.78, 5) is 25.7. The molecule has 0 aliphatic carbocycles. The van der Waals surface area contributed by atoms with Gasteiger partial charge in [-0.25, -0.2) is 8.42 Å². The lowest BCUT2D eigenvalue weighted by molar-refractivity contribution is -0.113. The molecule has 2 rings (SSSR count). The predicted molar refractivity (Wildman–Crippen MR) is 118 cm³/mol. The number of amides is 2. The minimum atomic E-state index is -3.94. The van der Waals surface area contributed by atoms with Crippen LogP contribution in [0.25, 0.3) is 0 Å². The van der Waals surface area contributed by atoms with Crippen LogP contribution >= 0.6 is 11.6 Å². The summed E-state index contributed by atoms with van der Waals surface area (Å²) in [5, 5.41) is 2.70. The molecule has 8 nitrogen and oxygen atoms in total. The van der Waals surface area contributed by atoms with Gasteiger partial charge in [0.05, 0.1) is 16.7 Å². The van der Waals surface area contributed by atoms with Crippen molar-refractivity contribution in [1.29, 1.82) is 0 Å². The molecule has 30 heavy (non-hydrogen) atoms. The van der Waals surface area contributed by atoms with E-state index >= 15 is 0 Å². The Balaban J connectivity index is 2.03. The van der Waals surface area contributed by atoms with E-state index in [1.54, 1.807) is 38.4 Å². The average Bonchev–Trinajstić information content (AvgIpc) is 2.63. The van der Waals surface area contributed by atoms with E-state index in [1.165, 1.54) is 23.1 Å². The van der Waals surface area contributed by atoms with Crippen molar-refractivity contribution in [2.75, 3.05) is 29.9 Å². The van der Waals surface area contributed by atoms with Gasteiger partial charge in [-0.3, -0.25) is 14.3 Å². The standard InChI is InChI=1S/C20H24ClN3O5S/c1-13(2)29-16-8-5-14(6-9-16)23-30(27,28)12-19(25)22-15-7-10-18(21)17(11-15)20(26)24(3)4/h5-11,13,23H,12H2,1-4H3,(H,22,25). The SMILES string of the molecule is CC(C)Oc1ccc(NS(=O)(=O)CC(=O)Nc2ccc(Cl)c(C(=O)N(C)C)c2)cc1. The molecule has 0 saturated carbocycles. The van der Waals surface area contributed by atoms with Crippen LogP contribution < -0.4 is 14.8 Å². The number of rotatable bonds is 8. The van der Waals surface area contributed by atoms with Gasteiger partial charge in [0.25, 0.3) is 5.91 Å². The Morgan fingerprint density at radius 3 is 2.23 bits per heavy atom. The molecule has 2 aromatic rings. The van der Waals surface area contributed by atoms with E-state index in [0.717, 1.165) is 0 Å². The van der Waals surface area contributed by atoms with Crippen molar-refractivity contribution in [3.63, 3.8) is 0 Å². The van der Waals surface area contributed by atoms with Crippen LogP contribution in [0.5, 0.6) is 5.75 Å². The molecule has 0 fully saturated rings. The molecule has 0 aromatic heterocycles. The van der Waals surface area contributed by atoms with Crippen LogP contribution in [0.1, 0.15) is 24.2 Å². The zero-order chi connectivity index (χ0) is 22.5. The lowest BCUT2D eigenvalue weighted by Gasteiger charge is -2.14. The number of sulfonamides is 1. The predicted octanol–water partition coefficient (Wildman–Crippen LogP) is 3.21. The van der Waals surface area contributed by atoms with E-state index in [1.807, 2.05) is 13.8 Å². The highest BCUT2D eigenvalue weighted by Gasteiger charge is 2.18. The van der Waals surface area contributed by atoms with Crippen LogP contribution in [0.15, 0.2) is 42.5 Å². The van der Waals surface area contributed by atoms with E-state index < -0.39 is 21.7 Å². The minimum Gasteiger partial charge on any atom is -0.491 e. The molecule has 0 saturated heterocycles. The normalized spacial score (nSPS) is 11.1. The molecule has 162 valence electrons. The van der Waals surface area contributed by atoms with Crippen LogP contribution in [0.3, 0.4) is 0 Å². The second-order valence-corrected chi connectivity index (χ2v) is 9.12. The largest absolute Gasteiger partial charge is 0.491 e. The van der Waals surface area contributed by atoms with Crippen molar-refractivity contribution in [1.82, 2.24) is 4.90 Å². The van der Waals surface area contributed by atoms with Crippen LogP contribution in [-0.4, -0.2) is 51.1 Å². The summed E-state index contributed by atoms with van der Waals surface area (Å²) < 4.78 is 32.4. The third kappa shape index (κ3) is 6.93. The smallest absolute Gasteiger partial charge is 0.254 e. The summed E-state index contributed by atoms with van der Waals surface area (Å²) >= 11 is 6.03. The summed E-state index contributed by atoms with van der Waals surface area (Å²) in [7, 11) is -0.796. The summed E-state index contributed by atoms with van der Waals surface area (Å²) in [5.41, 5.74) is 0.772. The van der Waals surface area contributed by atoms with Gasteiger partial charge >= 0.3 is 0 Å². The molecule has 0 heterocycles. The molecular formula is C20H24ClN3O5S. The molecule has 0 radical (unpaired) electrons. The van der Waals surface area contributed by atoms with E-state index in [-0.39, 0.29) is 28.3 Å². The van der Waals surface area contributed by atoms with Crippen LogP contribution in [0.4, 0.5) is 11.4 Å². The second-order valence-electron chi connectivity index (χ2n) is 6.99. The molecule has 2 amide bonds. The van der Waals surface area contributed by atoms with Gasteiger partial charge in [0.15, 0.2) is 0 Å². The maximum atomic E-state index is 12.3. The van der Waals surface area contributed by atoms with E-state index in [0.29, 0.717) is 11.4 Å². The van der Waals surface area contributed by atoms with Gasteiger partial charge in [-0.15, -0.1) is 0 Å². The Kier molecular flexibility index (Phi) is 7.69. The number of halogens is 1. The number of benzene rings is 2. The second kappa shape index (κ2) is 9.82. The maximum absolute atomic E-state index is 12.3. The zero-order valence-electron chi connectivity index (χ0n) is 17.1. The molecule has 0 atom stereocenters. The molecule has 0 aliphatic rings. The molecule has 10 heteroatoms. The van der Waals surface area contributed by atoms with Crippen LogP contribution in [-0.2, 0) is 14.8 Å². The maximum Gasteiger partial charge on any atom is 0.254 e. The van der Waals surface area contributed by atoms with Crippen molar-refractivity contribution in [3.8, 4) is 5.75 Å². The Morgan fingerprint density at radius 2 is 1.67 bits per heavy atom. The van der Waals surface area contributed by atoms with Gasteiger partial charge in [0, 0.05) is 25.5 Å². The third-order valence-electron chi connectivity index (χ3n) is 3.71. The lowest BCUT2D eigenvalue weighted by Crippen LogP contribution is -2.27. The number of hydrogen-bond acceptors (Lipinski definition) is 5. The Bertz CT molecular complexity index is 1020.